The lowest BCUT2D eigenvalue weighted by atomic mass is 10.1. The standard InChI is InChI=1S/C13H17N3O3S/c1-7(5-6-14)16(4)13(19)15-11-10(12(17)18)8(2)9(3)20-11/h7H,5H2,1-4H3,(H,15,19)(H,17,18). The van der Waals surface area contributed by atoms with Gasteiger partial charge < -0.3 is 10.0 Å². The van der Waals surface area contributed by atoms with Crippen LogP contribution in [-0.4, -0.2) is 35.1 Å². The van der Waals surface area contributed by atoms with Crippen LogP contribution in [0.2, 0.25) is 0 Å². The summed E-state index contributed by atoms with van der Waals surface area (Å²) >= 11 is 1.24. The van der Waals surface area contributed by atoms with Gasteiger partial charge in [-0.1, -0.05) is 0 Å². The average Bonchev–Trinajstić information content (AvgIpc) is 2.63. The Labute approximate surface area is 121 Å². The highest BCUT2D eigenvalue weighted by molar-refractivity contribution is 7.16. The van der Waals surface area contributed by atoms with E-state index in [9.17, 15) is 14.7 Å². The van der Waals surface area contributed by atoms with Gasteiger partial charge in [-0.15, -0.1) is 11.3 Å². The summed E-state index contributed by atoms with van der Waals surface area (Å²) in [6.07, 6.45) is 0.220. The van der Waals surface area contributed by atoms with Crippen molar-refractivity contribution < 1.29 is 14.7 Å². The predicted molar refractivity (Wildman–Crippen MR) is 77.2 cm³/mol. The number of anilines is 1. The maximum Gasteiger partial charge on any atom is 0.338 e. The highest BCUT2D eigenvalue weighted by atomic mass is 32.1. The fourth-order valence-corrected chi connectivity index (χ4v) is 2.67. The fourth-order valence-electron chi connectivity index (χ4n) is 1.63. The minimum atomic E-state index is -1.06. The maximum atomic E-state index is 12.0. The highest BCUT2D eigenvalue weighted by Crippen LogP contribution is 2.32. The van der Waals surface area contributed by atoms with E-state index >= 15 is 0 Å². The molecule has 1 aromatic rings. The van der Waals surface area contributed by atoms with Gasteiger partial charge >= 0.3 is 12.0 Å². The summed E-state index contributed by atoms with van der Waals surface area (Å²) in [4.78, 5) is 25.5. The second kappa shape index (κ2) is 6.39. The van der Waals surface area contributed by atoms with Crippen LogP contribution in [0.3, 0.4) is 0 Å². The molecular weight excluding hydrogens is 278 g/mol. The molecule has 0 bridgehead atoms. The summed E-state index contributed by atoms with van der Waals surface area (Å²) in [5.74, 6) is -1.06. The summed E-state index contributed by atoms with van der Waals surface area (Å²) in [7, 11) is 1.57. The first-order valence-corrected chi connectivity index (χ1v) is 6.85. The molecule has 0 aromatic carbocycles. The number of nitrogens with one attached hydrogen (secondary N) is 1. The Morgan fingerprint density at radius 1 is 1.50 bits per heavy atom. The third-order valence-electron chi connectivity index (χ3n) is 3.19. The molecule has 0 aliphatic heterocycles. The molecule has 2 N–H and O–H groups in total. The zero-order valence-corrected chi connectivity index (χ0v) is 12.7. The number of carboxylic acid groups (broad SMARTS) is 1. The van der Waals surface area contributed by atoms with Crippen molar-refractivity contribution in [1.82, 2.24) is 4.90 Å². The van der Waals surface area contributed by atoms with Crippen LogP contribution in [0.15, 0.2) is 0 Å². The lowest BCUT2D eigenvalue weighted by molar-refractivity contribution is 0.0697. The molecule has 6 nitrogen and oxygen atoms in total. The molecule has 0 fully saturated rings. The predicted octanol–water partition coefficient (Wildman–Crippen LogP) is 2.83. The molecule has 1 rings (SSSR count). The van der Waals surface area contributed by atoms with Crippen molar-refractivity contribution in [2.75, 3.05) is 12.4 Å². The lowest BCUT2D eigenvalue weighted by Gasteiger charge is -2.23. The average molecular weight is 295 g/mol. The van der Waals surface area contributed by atoms with Crippen LogP contribution in [0.4, 0.5) is 9.80 Å². The Morgan fingerprint density at radius 3 is 2.60 bits per heavy atom. The second-order valence-electron chi connectivity index (χ2n) is 4.54. The van der Waals surface area contributed by atoms with Gasteiger partial charge in [0.05, 0.1) is 18.1 Å². The van der Waals surface area contributed by atoms with Gasteiger partial charge in [0.15, 0.2) is 0 Å². The third kappa shape index (κ3) is 3.27. The topological polar surface area (TPSA) is 93.4 Å². The number of carbonyl (C=O) groups is 2. The molecule has 0 spiro atoms. The van der Waals surface area contributed by atoms with E-state index in [1.807, 2.05) is 13.0 Å². The van der Waals surface area contributed by atoms with Crippen molar-refractivity contribution in [3.63, 3.8) is 0 Å². The molecule has 7 heteroatoms. The molecule has 1 atom stereocenters. The molecule has 0 saturated heterocycles. The van der Waals surface area contributed by atoms with Crippen LogP contribution in [0.25, 0.3) is 0 Å². The van der Waals surface area contributed by atoms with E-state index in [1.54, 1.807) is 20.9 Å². The van der Waals surface area contributed by atoms with Crippen LogP contribution in [0, 0.1) is 25.2 Å². The number of nitrogens with zero attached hydrogens (tertiary/aromatic N) is 2. The Bertz CT molecular complexity index is 574. The van der Waals surface area contributed by atoms with E-state index in [-0.39, 0.29) is 18.0 Å². The van der Waals surface area contributed by atoms with Crippen molar-refractivity contribution in [1.29, 1.82) is 5.26 Å². The largest absolute Gasteiger partial charge is 0.478 e. The lowest BCUT2D eigenvalue weighted by Crippen LogP contribution is -2.38. The van der Waals surface area contributed by atoms with E-state index in [4.69, 9.17) is 5.26 Å². The van der Waals surface area contributed by atoms with Crippen molar-refractivity contribution >= 4 is 28.3 Å². The third-order valence-corrected chi connectivity index (χ3v) is 4.31. The summed E-state index contributed by atoms with van der Waals surface area (Å²) in [6.45, 7) is 5.28. The number of carbonyl (C=O) groups excluding carboxylic acids is 1. The molecule has 0 saturated carbocycles. The van der Waals surface area contributed by atoms with Gasteiger partial charge in [-0.2, -0.15) is 5.26 Å². The summed E-state index contributed by atoms with van der Waals surface area (Å²) in [5, 5.41) is 20.8. The van der Waals surface area contributed by atoms with Gasteiger partial charge in [-0.3, -0.25) is 5.32 Å². The highest BCUT2D eigenvalue weighted by Gasteiger charge is 2.22. The van der Waals surface area contributed by atoms with Crippen LogP contribution < -0.4 is 5.32 Å². The maximum absolute atomic E-state index is 12.0. The first kappa shape index (κ1) is 16.0. The smallest absolute Gasteiger partial charge is 0.338 e. The summed E-state index contributed by atoms with van der Waals surface area (Å²) in [6, 6.07) is 1.34. The van der Waals surface area contributed by atoms with E-state index in [0.717, 1.165) is 4.88 Å². The second-order valence-corrected chi connectivity index (χ2v) is 5.77. The van der Waals surface area contributed by atoms with Gasteiger partial charge in [-0.25, -0.2) is 9.59 Å². The molecule has 108 valence electrons. The van der Waals surface area contributed by atoms with Crippen molar-refractivity contribution in [3.05, 3.63) is 16.0 Å². The first-order chi connectivity index (χ1) is 9.29. The zero-order valence-electron chi connectivity index (χ0n) is 11.9. The summed E-state index contributed by atoms with van der Waals surface area (Å²) < 4.78 is 0. The molecule has 0 aliphatic rings. The molecule has 0 radical (unpaired) electrons. The number of thiophene rings is 1. The van der Waals surface area contributed by atoms with E-state index < -0.39 is 12.0 Å². The molecule has 20 heavy (non-hydrogen) atoms. The van der Waals surface area contributed by atoms with Gasteiger partial charge in [0.2, 0.25) is 0 Å². The monoisotopic (exact) mass is 295 g/mol. The van der Waals surface area contributed by atoms with Crippen LogP contribution in [0.1, 0.15) is 34.1 Å². The molecule has 1 heterocycles. The van der Waals surface area contributed by atoms with Crippen molar-refractivity contribution in [3.8, 4) is 6.07 Å². The number of urea groups is 1. The number of rotatable bonds is 4. The zero-order chi connectivity index (χ0) is 15.4. The van der Waals surface area contributed by atoms with Gasteiger partial charge in [0.1, 0.15) is 5.00 Å². The number of aryl methyl sites for hydroxylation is 1. The molecule has 1 unspecified atom stereocenters. The van der Waals surface area contributed by atoms with Gasteiger partial charge in [0.25, 0.3) is 0 Å². The van der Waals surface area contributed by atoms with E-state index in [2.05, 4.69) is 5.32 Å². The Kier molecular flexibility index (Phi) is 5.11. The minimum Gasteiger partial charge on any atom is -0.478 e. The van der Waals surface area contributed by atoms with Crippen molar-refractivity contribution in [2.24, 2.45) is 0 Å². The number of carboxylic acids is 1. The molecule has 2 amide bonds. The Hall–Kier alpha value is -2.07. The van der Waals surface area contributed by atoms with Crippen LogP contribution >= 0.6 is 11.3 Å². The van der Waals surface area contributed by atoms with E-state index in [0.29, 0.717) is 10.6 Å². The molecular formula is C13H17N3O3S. The fraction of sp³-hybridized carbons (Fsp3) is 0.462. The van der Waals surface area contributed by atoms with Crippen LogP contribution in [0.5, 0.6) is 0 Å². The Balaban J connectivity index is 2.94. The van der Waals surface area contributed by atoms with Gasteiger partial charge in [-0.05, 0) is 26.3 Å². The number of hydrogen-bond acceptors (Lipinski definition) is 4. The first-order valence-electron chi connectivity index (χ1n) is 6.03. The van der Waals surface area contributed by atoms with Crippen molar-refractivity contribution in [2.45, 2.75) is 33.2 Å². The molecule has 0 aliphatic carbocycles. The summed E-state index contributed by atoms with van der Waals surface area (Å²) in [5.41, 5.74) is 0.785. The quantitative estimate of drug-likeness (QED) is 0.893. The minimum absolute atomic E-state index is 0.127. The number of hydrogen-bond donors (Lipinski definition) is 2. The number of aromatic carboxylic acids is 1. The Morgan fingerprint density at radius 2 is 2.10 bits per heavy atom. The van der Waals surface area contributed by atoms with E-state index in [1.165, 1.54) is 16.2 Å². The van der Waals surface area contributed by atoms with Crippen LogP contribution in [-0.2, 0) is 0 Å². The van der Waals surface area contributed by atoms with Gasteiger partial charge in [0, 0.05) is 18.0 Å². The normalized spacial score (nSPS) is 11.6. The molecule has 1 aromatic heterocycles. The SMILES string of the molecule is Cc1sc(NC(=O)N(C)C(C)CC#N)c(C(=O)O)c1C. The number of nitriles is 1. The number of amides is 2.